The second kappa shape index (κ2) is 10.0. The fourth-order valence-corrected chi connectivity index (χ4v) is 3.29. The SMILES string of the molecule is C/C=C\C.CNCC(C)CN1c2ccccc2CCc2ccccc21. The smallest absolute Gasteiger partial charge is 0.0443 e. The molecule has 0 radical (unpaired) electrons. The highest BCUT2D eigenvalue weighted by Gasteiger charge is 2.21. The number of rotatable bonds is 4. The van der Waals surface area contributed by atoms with Gasteiger partial charge in [-0.05, 0) is 69.5 Å². The molecule has 1 N–H and O–H groups in total. The van der Waals surface area contributed by atoms with Crippen LogP contribution in [-0.2, 0) is 12.8 Å². The molecule has 1 aliphatic heterocycles. The lowest BCUT2D eigenvalue weighted by Crippen LogP contribution is -2.29. The number of nitrogens with one attached hydrogen (secondary N) is 1. The molecule has 3 rings (SSSR count). The highest BCUT2D eigenvalue weighted by Crippen LogP contribution is 2.36. The van der Waals surface area contributed by atoms with Crippen LogP contribution in [0.5, 0.6) is 0 Å². The topological polar surface area (TPSA) is 15.3 Å². The zero-order valence-corrected chi connectivity index (χ0v) is 16.1. The lowest BCUT2D eigenvalue weighted by molar-refractivity contribution is 0.549. The second-order valence-electron chi connectivity index (χ2n) is 6.70. The largest absolute Gasteiger partial charge is 0.341 e. The van der Waals surface area contributed by atoms with E-state index in [1.54, 1.807) is 0 Å². The molecule has 0 aliphatic carbocycles. The molecule has 2 nitrogen and oxygen atoms in total. The lowest BCUT2D eigenvalue weighted by atomic mass is 10.0. The quantitative estimate of drug-likeness (QED) is 0.756. The van der Waals surface area contributed by atoms with Crippen LogP contribution in [0.4, 0.5) is 11.4 Å². The summed E-state index contributed by atoms with van der Waals surface area (Å²) in [6, 6.07) is 17.7. The first kappa shape index (κ1) is 19.3. The molecule has 2 aromatic rings. The van der Waals surface area contributed by atoms with Gasteiger partial charge in [-0.3, -0.25) is 0 Å². The van der Waals surface area contributed by atoms with E-state index >= 15 is 0 Å². The van der Waals surface area contributed by atoms with E-state index in [-0.39, 0.29) is 0 Å². The summed E-state index contributed by atoms with van der Waals surface area (Å²) in [5.74, 6) is 0.606. The van der Waals surface area contributed by atoms with Crippen molar-refractivity contribution in [2.45, 2.75) is 33.6 Å². The van der Waals surface area contributed by atoms with E-state index in [0.29, 0.717) is 5.92 Å². The Morgan fingerprint density at radius 1 is 0.920 bits per heavy atom. The Labute approximate surface area is 153 Å². The van der Waals surface area contributed by atoms with Gasteiger partial charge in [0.05, 0.1) is 0 Å². The van der Waals surface area contributed by atoms with Gasteiger partial charge in [0, 0.05) is 17.9 Å². The monoisotopic (exact) mass is 336 g/mol. The van der Waals surface area contributed by atoms with Crippen LogP contribution in [0.15, 0.2) is 60.7 Å². The summed E-state index contributed by atoms with van der Waals surface area (Å²) in [5.41, 5.74) is 5.69. The standard InChI is InChI=1S/C19H24N2.C4H8/c1-15(13-20-2)14-21-18-9-5-3-7-16(18)11-12-17-8-4-6-10-19(17)21;1-3-4-2/h3-10,15,20H,11-14H2,1-2H3;3-4H,1-2H3/b;4-3-. The van der Waals surface area contributed by atoms with Crippen molar-refractivity contribution in [2.75, 3.05) is 25.0 Å². The average molecular weight is 337 g/mol. The van der Waals surface area contributed by atoms with Gasteiger partial charge < -0.3 is 10.2 Å². The van der Waals surface area contributed by atoms with Gasteiger partial charge in [0.2, 0.25) is 0 Å². The van der Waals surface area contributed by atoms with Crippen LogP contribution >= 0.6 is 0 Å². The summed E-state index contributed by atoms with van der Waals surface area (Å²) in [6.45, 7) is 8.41. The summed E-state index contributed by atoms with van der Waals surface area (Å²) >= 11 is 0. The molecule has 1 heterocycles. The molecule has 1 atom stereocenters. The molecular weight excluding hydrogens is 304 g/mol. The van der Waals surface area contributed by atoms with Crippen molar-refractivity contribution in [1.29, 1.82) is 0 Å². The first-order valence-electron chi connectivity index (χ1n) is 9.36. The first-order valence-corrected chi connectivity index (χ1v) is 9.36. The van der Waals surface area contributed by atoms with E-state index in [1.807, 2.05) is 33.0 Å². The summed E-state index contributed by atoms with van der Waals surface area (Å²) in [5, 5.41) is 3.29. The molecule has 0 bridgehead atoms. The number of anilines is 2. The zero-order chi connectivity index (χ0) is 18.1. The van der Waals surface area contributed by atoms with Gasteiger partial charge in [0.1, 0.15) is 0 Å². The fraction of sp³-hybridized carbons (Fsp3) is 0.391. The van der Waals surface area contributed by atoms with Gasteiger partial charge in [0.15, 0.2) is 0 Å². The van der Waals surface area contributed by atoms with Crippen molar-refractivity contribution in [1.82, 2.24) is 5.32 Å². The van der Waals surface area contributed by atoms with Crippen molar-refractivity contribution in [2.24, 2.45) is 5.92 Å². The Morgan fingerprint density at radius 3 is 1.84 bits per heavy atom. The number of para-hydroxylation sites is 2. The van der Waals surface area contributed by atoms with Crippen molar-refractivity contribution in [3.05, 3.63) is 71.8 Å². The van der Waals surface area contributed by atoms with E-state index in [2.05, 4.69) is 65.7 Å². The first-order chi connectivity index (χ1) is 12.2. The second-order valence-corrected chi connectivity index (χ2v) is 6.70. The number of fused-ring (bicyclic) bond motifs is 2. The highest BCUT2D eigenvalue weighted by atomic mass is 15.1. The van der Waals surface area contributed by atoms with Gasteiger partial charge in [-0.2, -0.15) is 0 Å². The van der Waals surface area contributed by atoms with Crippen LogP contribution in [0.2, 0.25) is 0 Å². The van der Waals surface area contributed by atoms with Crippen molar-refractivity contribution in [3.8, 4) is 0 Å². The molecule has 0 saturated carbocycles. The van der Waals surface area contributed by atoms with E-state index < -0.39 is 0 Å². The molecule has 1 aliphatic rings. The van der Waals surface area contributed by atoms with Crippen LogP contribution in [0.1, 0.15) is 31.9 Å². The van der Waals surface area contributed by atoms with Crippen molar-refractivity contribution < 1.29 is 0 Å². The molecule has 0 amide bonds. The van der Waals surface area contributed by atoms with E-state index in [9.17, 15) is 0 Å². The predicted molar refractivity (Wildman–Crippen MR) is 111 cm³/mol. The van der Waals surface area contributed by atoms with Gasteiger partial charge in [0.25, 0.3) is 0 Å². The molecule has 0 saturated heterocycles. The third-order valence-corrected chi connectivity index (χ3v) is 4.61. The third kappa shape index (κ3) is 5.20. The summed E-state index contributed by atoms with van der Waals surface area (Å²) in [7, 11) is 2.03. The molecule has 134 valence electrons. The Hall–Kier alpha value is -2.06. The Kier molecular flexibility index (Phi) is 7.75. The maximum absolute atomic E-state index is 3.29. The number of aryl methyl sites for hydroxylation is 2. The van der Waals surface area contributed by atoms with Crippen LogP contribution in [0, 0.1) is 5.92 Å². The molecule has 0 aromatic heterocycles. The number of nitrogens with zero attached hydrogens (tertiary/aromatic N) is 1. The number of hydrogen-bond donors (Lipinski definition) is 1. The van der Waals surface area contributed by atoms with Gasteiger partial charge in [-0.25, -0.2) is 0 Å². The highest BCUT2D eigenvalue weighted by molar-refractivity contribution is 5.71. The molecule has 0 fully saturated rings. The number of allylic oxidation sites excluding steroid dienone is 2. The third-order valence-electron chi connectivity index (χ3n) is 4.61. The molecule has 25 heavy (non-hydrogen) atoms. The minimum atomic E-state index is 0.606. The molecule has 1 unspecified atom stereocenters. The van der Waals surface area contributed by atoms with Crippen LogP contribution in [0.25, 0.3) is 0 Å². The average Bonchev–Trinajstić information content (AvgIpc) is 2.80. The normalized spacial score (nSPS) is 14.2. The Morgan fingerprint density at radius 2 is 1.40 bits per heavy atom. The minimum Gasteiger partial charge on any atom is -0.341 e. The molecule has 2 aromatic carbocycles. The number of benzene rings is 2. The summed E-state index contributed by atoms with van der Waals surface area (Å²) < 4.78 is 0. The Bertz CT molecular complexity index is 624. The lowest BCUT2D eigenvalue weighted by Gasteiger charge is -2.29. The molecular formula is C23H32N2. The van der Waals surface area contributed by atoms with E-state index in [4.69, 9.17) is 0 Å². The summed E-state index contributed by atoms with van der Waals surface area (Å²) in [6.07, 6.45) is 6.26. The van der Waals surface area contributed by atoms with Crippen LogP contribution in [-0.4, -0.2) is 20.1 Å². The van der Waals surface area contributed by atoms with Gasteiger partial charge in [-0.15, -0.1) is 0 Å². The van der Waals surface area contributed by atoms with Gasteiger partial charge in [-0.1, -0.05) is 55.5 Å². The summed E-state index contributed by atoms with van der Waals surface area (Å²) in [4.78, 5) is 2.51. The Balaban J connectivity index is 0.000000511. The maximum atomic E-state index is 3.29. The molecule has 0 spiro atoms. The minimum absolute atomic E-state index is 0.606. The predicted octanol–water partition coefficient (Wildman–Crippen LogP) is 5.36. The van der Waals surface area contributed by atoms with E-state index in [1.165, 1.54) is 22.5 Å². The maximum Gasteiger partial charge on any atom is 0.0443 e. The zero-order valence-electron chi connectivity index (χ0n) is 16.1. The molecule has 2 heteroatoms. The van der Waals surface area contributed by atoms with Crippen LogP contribution < -0.4 is 10.2 Å². The van der Waals surface area contributed by atoms with Crippen molar-refractivity contribution in [3.63, 3.8) is 0 Å². The van der Waals surface area contributed by atoms with Crippen molar-refractivity contribution >= 4 is 11.4 Å². The fourth-order valence-electron chi connectivity index (χ4n) is 3.29. The van der Waals surface area contributed by atoms with Gasteiger partial charge >= 0.3 is 0 Å². The number of hydrogen-bond acceptors (Lipinski definition) is 2. The van der Waals surface area contributed by atoms with E-state index in [0.717, 1.165) is 25.9 Å². The van der Waals surface area contributed by atoms with Crippen LogP contribution in [0.3, 0.4) is 0 Å².